The minimum absolute atomic E-state index is 0.158. The lowest BCUT2D eigenvalue weighted by Gasteiger charge is -2.14. The number of nitrogen functional groups attached to an aromatic ring is 1. The second-order valence-electron chi connectivity index (χ2n) is 4.75. The zero-order chi connectivity index (χ0) is 18.2. The number of anilines is 1. The molecule has 1 aromatic carbocycles. The maximum atomic E-state index is 11.9. The highest BCUT2D eigenvalue weighted by Crippen LogP contribution is 2.34. The number of aromatic carboxylic acids is 2. The molecule has 0 saturated heterocycles. The molecule has 0 aliphatic carbocycles. The first-order valence-electron chi connectivity index (χ1n) is 6.36. The molecule has 2 rings (SSSR count). The Morgan fingerprint density at radius 1 is 1.08 bits per heavy atom. The maximum absolute atomic E-state index is 11.9. The molecule has 2 aromatic rings. The molecule has 0 bridgehead atoms. The smallest absolute Gasteiger partial charge is 0.488 e. The summed E-state index contributed by atoms with van der Waals surface area (Å²) < 4.78 is 0. The molecule has 0 spiro atoms. The Labute approximate surface area is 133 Å². The largest absolute Gasteiger partial charge is 0.507 e. The molecule has 24 heavy (non-hydrogen) atoms. The SMILES string of the molecule is Nc1[nH]c(=O)c(C(=O)O)c(-c2cc(B(O)O)ccc2O)c1C(=O)O. The number of carboxylic acids is 2. The van der Waals surface area contributed by atoms with Crippen molar-refractivity contribution < 1.29 is 35.0 Å². The molecule has 11 heteroatoms. The number of pyridine rings is 1. The Kier molecular flexibility index (Phi) is 4.31. The normalized spacial score (nSPS) is 10.4. The fourth-order valence-electron chi connectivity index (χ4n) is 2.23. The van der Waals surface area contributed by atoms with Gasteiger partial charge in [0.25, 0.3) is 5.56 Å². The van der Waals surface area contributed by atoms with Crippen LogP contribution in [0.2, 0.25) is 0 Å². The first-order valence-corrected chi connectivity index (χ1v) is 6.36. The van der Waals surface area contributed by atoms with Gasteiger partial charge in [0.05, 0.1) is 0 Å². The third-order valence-corrected chi connectivity index (χ3v) is 3.26. The highest BCUT2D eigenvalue weighted by molar-refractivity contribution is 6.58. The number of carboxylic acid groups (broad SMARTS) is 2. The van der Waals surface area contributed by atoms with E-state index >= 15 is 0 Å². The molecule has 10 nitrogen and oxygen atoms in total. The molecule has 1 heterocycles. The molecule has 0 aliphatic rings. The summed E-state index contributed by atoms with van der Waals surface area (Å²) in [4.78, 5) is 36.7. The number of benzene rings is 1. The van der Waals surface area contributed by atoms with E-state index in [9.17, 15) is 39.8 Å². The van der Waals surface area contributed by atoms with Crippen molar-refractivity contribution in [3.8, 4) is 16.9 Å². The van der Waals surface area contributed by atoms with E-state index in [-0.39, 0.29) is 5.46 Å². The third kappa shape index (κ3) is 2.80. The second kappa shape index (κ2) is 6.06. The molecule has 0 fully saturated rings. The van der Waals surface area contributed by atoms with Crippen molar-refractivity contribution in [2.24, 2.45) is 0 Å². The highest BCUT2D eigenvalue weighted by atomic mass is 16.4. The number of nitrogens with two attached hydrogens (primary N) is 1. The van der Waals surface area contributed by atoms with Crippen molar-refractivity contribution in [3.05, 3.63) is 39.7 Å². The van der Waals surface area contributed by atoms with Crippen molar-refractivity contribution in [2.75, 3.05) is 5.73 Å². The van der Waals surface area contributed by atoms with E-state index in [4.69, 9.17) is 5.73 Å². The van der Waals surface area contributed by atoms with Crippen molar-refractivity contribution in [3.63, 3.8) is 0 Å². The van der Waals surface area contributed by atoms with Crippen LogP contribution in [0.4, 0.5) is 5.82 Å². The van der Waals surface area contributed by atoms with Crippen LogP contribution >= 0.6 is 0 Å². The summed E-state index contributed by atoms with van der Waals surface area (Å²) in [7, 11) is -1.97. The van der Waals surface area contributed by atoms with Gasteiger partial charge in [-0.1, -0.05) is 12.1 Å². The fourth-order valence-corrected chi connectivity index (χ4v) is 2.23. The Morgan fingerprint density at radius 2 is 1.67 bits per heavy atom. The summed E-state index contributed by atoms with van der Waals surface area (Å²) in [6.45, 7) is 0. The van der Waals surface area contributed by atoms with Crippen LogP contribution in [0.3, 0.4) is 0 Å². The molecule has 8 N–H and O–H groups in total. The van der Waals surface area contributed by atoms with Gasteiger partial charge in [-0.25, -0.2) is 9.59 Å². The van der Waals surface area contributed by atoms with Crippen LogP contribution in [-0.4, -0.2) is 49.4 Å². The van der Waals surface area contributed by atoms with E-state index in [2.05, 4.69) is 0 Å². The number of phenols is 1. The average Bonchev–Trinajstić information content (AvgIpc) is 2.45. The van der Waals surface area contributed by atoms with Crippen molar-refractivity contribution >= 4 is 30.3 Å². The molecule has 0 unspecified atom stereocenters. The zero-order valence-corrected chi connectivity index (χ0v) is 11.8. The number of carbonyl (C=O) groups is 2. The minimum Gasteiger partial charge on any atom is -0.507 e. The van der Waals surface area contributed by atoms with E-state index < -0.39 is 58.4 Å². The van der Waals surface area contributed by atoms with Crippen LogP contribution in [0.1, 0.15) is 20.7 Å². The standard InChI is InChI=1S/C13H11BN2O8/c15-10-8(12(19)20)7(9(13(21)22)11(18)16-10)5-3-4(14(23)24)1-2-6(5)17/h1-3,17,23-24H,(H,19,20)(H,21,22)(H3,15,16,18). The Balaban J connectivity index is 3.02. The number of aromatic amines is 1. The van der Waals surface area contributed by atoms with Crippen LogP contribution < -0.4 is 16.8 Å². The highest BCUT2D eigenvalue weighted by Gasteiger charge is 2.28. The molecule has 0 amide bonds. The van der Waals surface area contributed by atoms with Crippen LogP contribution in [0.5, 0.6) is 5.75 Å². The first-order chi connectivity index (χ1) is 11.1. The summed E-state index contributed by atoms with van der Waals surface area (Å²) in [5.41, 5.74) is 1.40. The molecular weight excluding hydrogens is 323 g/mol. The van der Waals surface area contributed by atoms with Gasteiger partial charge in [0.1, 0.15) is 22.7 Å². The molecule has 0 aliphatic heterocycles. The van der Waals surface area contributed by atoms with Gasteiger partial charge in [-0.2, -0.15) is 0 Å². The van der Waals surface area contributed by atoms with Gasteiger partial charge in [-0.05, 0) is 11.5 Å². The van der Waals surface area contributed by atoms with E-state index in [1.54, 1.807) is 0 Å². The van der Waals surface area contributed by atoms with Crippen LogP contribution in [-0.2, 0) is 0 Å². The number of aromatic nitrogens is 1. The predicted molar refractivity (Wildman–Crippen MR) is 82.3 cm³/mol. The van der Waals surface area contributed by atoms with Gasteiger partial charge in [-0.15, -0.1) is 0 Å². The molecule has 124 valence electrons. The van der Waals surface area contributed by atoms with Gasteiger partial charge in [-0.3, -0.25) is 4.79 Å². The number of hydrogen-bond donors (Lipinski definition) is 7. The second-order valence-corrected chi connectivity index (χ2v) is 4.75. The van der Waals surface area contributed by atoms with E-state index in [0.29, 0.717) is 0 Å². The molecule has 1 aromatic heterocycles. The lowest BCUT2D eigenvalue weighted by atomic mass is 9.78. The topological polar surface area (TPSA) is 194 Å². The van der Waals surface area contributed by atoms with Crippen molar-refractivity contribution in [1.29, 1.82) is 0 Å². The van der Waals surface area contributed by atoms with Gasteiger partial charge < -0.3 is 36.1 Å². The number of aromatic hydroxyl groups is 1. The first kappa shape index (κ1) is 17.1. The monoisotopic (exact) mass is 334 g/mol. The van der Waals surface area contributed by atoms with Gasteiger partial charge >= 0.3 is 19.1 Å². The summed E-state index contributed by atoms with van der Waals surface area (Å²) >= 11 is 0. The van der Waals surface area contributed by atoms with Gasteiger partial charge in [0, 0.05) is 11.1 Å². The molecular formula is C13H11BN2O8. The molecule has 0 radical (unpaired) electrons. The summed E-state index contributed by atoms with van der Waals surface area (Å²) in [5, 5.41) is 46.9. The summed E-state index contributed by atoms with van der Waals surface area (Å²) in [6, 6.07) is 3.08. The van der Waals surface area contributed by atoms with Gasteiger partial charge in [0.2, 0.25) is 0 Å². The fraction of sp³-hybridized carbons (Fsp3) is 0. The molecule has 0 saturated carbocycles. The minimum atomic E-state index is -1.97. The lowest BCUT2D eigenvalue weighted by molar-refractivity contribution is 0.0695. The summed E-state index contributed by atoms with van der Waals surface area (Å²) in [6.07, 6.45) is 0. The van der Waals surface area contributed by atoms with Crippen LogP contribution in [0.25, 0.3) is 11.1 Å². The van der Waals surface area contributed by atoms with Crippen molar-refractivity contribution in [2.45, 2.75) is 0 Å². The van der Waals surface area contributed by atoms with Crippen LogP contribution in [0.15, 0.2) is 23.0 Å². The zero-order valence-electron chi connectivity index (χ0n) is 11.8. The number of rotatable bonds is 4. The number of phenolic OH excluding ortho intramolecular Hbond substituents is 1. The predicted octanol–water partition coefficient (Wildman–Crippen LogP) is -1.59. The average molecular weight is 334 g/mol. The lowest BCUT2D eigenvalue weighted by Crippen LogP contribution is -2.30. The van der Waals surface area contributed by atoms with Gasteiger partial charge in [0.15, 0.2) is 0 Å². The Hall–Kier alpha value is -3.31. The molecule has 0 atom stereocenters. The van der Waals surface area contributed by atoms with Crippen LogP contribution in [0, 0.1) is 0 Å². The quantitative estimate of drug-likeness (QED) is 0.322. The van der Waals surface area contributed by atoms with E-state index in [1.807, 2.05) is 4.98 Å². The van der Waals surface area contributed by atoms with E-state index in [1.165, 1.54) is 0 Å². The van der Waals surface area contributed by atoms with E-state index in [0.717, 1.165) is 18.2 Å². The number of nitrogens with one attached hydrogen (secondary N) is 1. The summed E-state index contributed by atoms with van der Waals surface area (Å²) in [5.74, 6) is -4.57. The number of H-pyrrole nitrogens is 1. The Morgan fingerprint density at radius 3 is 2.17 bits per heavy atom. The number of hydrogen-bond acceptors (Lipinski definition) is 7. The third-order valence-electron chi connectivity index (χ3n) is 3.26. The van der Waals surface area contributed by atoms with Crippen molar-refractivity contribution in [1.82, 2.24) is 4.98 Å². The maximum Gasteiger partial charge on any atom is 0.488 e. The Bertz CT molecular complexity index is 906.